The number of halogens is 2. The first-order valence-corrected chi connectivity index (χ1v) is 6.37. The zero-order valence-corrected chi connectivity index (χ0v) is 12.7. The molecule has 1 atom stereocenters. The second kappa shape index (κ2) is 7.15. The van der Waals surface area contributed by atoms with Crippen LogP contribution in [0.1, 0.15) is 18.5 Å². The molecule has 0 spiro atoms. The largest absolute Gasteiger partial charge is 0.361 e. The van der Waals surface area contributed by atoms with Crippen LogP contribution in [0.2, 0.25) is 0 Å². The summed E-state index contributed by atoms with van der Waals surface area (Å²) >= 11 is 0. The van der Waals surface area contributed by atoms with Gasteiger partial charge >= 0.3 is 0 Å². The van der Waals surface area contributed by atoms with Gasteiger partial charge < -0.3 is 10.3 Å². The summed E-state index contributed by atoms with van der Waals surface area (Å²) in [6, 6.07) is 9.22. The van der Waals surface area contributed by atoms with Gasteiger partial charge in [0.1, 0.15) is 0 Å². The van der Waals surface area contributed by atoms with Crippen molar-refractivity contribution in [3.05, 3.63) is 36.0 Å². The summed E-state index contributed by atoms with van der Waals surface area (Å²) in [5.41, 5.74) is 2.68. The molecule has 0 saturated carbocycles. The fourth-order valence-corrected chi connectivity index (χ4v) is 2.74. The van der Waals surface area contributed by atoms with E-state index in [0.29, 0.717) is 6.04 Å². The van der Waals surface area contributed by atoms with Crippen LogP contribution in [0, 0.1) is 0 Å². The van der Waals surface area contributed by atoms with E-state index in [1.165, 1.54) is 16.5 Å². The Morgan fingerprint density at radius 2 is 1.84 bits per heavy atom. The summed E-state index contributed by atoms with van der Waals surface area (Å²) < 4.78 is 0. The van der Waals surface area contributed by atoms with Gasteiger partial charge in [0.2, 0.25) is 0 Å². The molecule has 1 aliphatic heterocycles. The van der Waals surface area contributed by atoms with Gasteiger partial charge in [0.15, 0.2) is 0 Å². The number of benzene rings is 1. The number of fused-ring (bicyclic) bond motifs is 1. The van der Waals surface area contributed by atoms with Gasteiger partial charge in [-0.25, -0.2) is 0 Å². The molecule has 0 radical (unpaired) electrons. The quantitative estimate of drug-likeness (QED) is 0.893. The second-order valence-corrected chi connectivity index (χ2v) is 4.75. The Morgan fingerprint density at radius 3 is 2.58 bits per heavy atom. The van der Waals surface area contributed by atoms with Crippen molar-refractivity contribution in [1.29, 1.82) is 0 Å². The number of hydrogen-bond donors (Lipinski definition) is 2. The first-order chi connectivity index (χ1) is 8.36. The van der Waals surface area contributed by atoms with Crippen molar-refractivity contribution in [2.24, 2.45) is 0 Å². The lowest BCUT2D eigenvalue weighted by atomic mass is 10.0. The van der Waals surface area contributed by atoms with Crippen LogP contribution in [0.25, 0.3) is 10.9 Å². The molecule has 2 aromatic rings. The second-order valence-electron chi connectivity index (χ2n) is 4.75. The number of aromatic amines is 1. The zero-order valence-electron chi connectivity index (χ0n) is 11.1. The highest BCUT2D eigenvalue weighted by Crippen LogP contribution is 2.27. The van der Waals surface area contributed by atoms with Gasteiger partial charge in [-0.2, -0.15) is 0 Å². The Labute approximate surface area is 126 Å². The fourth-order valence-electron chi connectivity index (χ4n) is 2.74. The minimum Gasteiger partial charge on any atom is -0.361 e. The predicted molar refractivity (Wildman–Crippen MR) is 85.7 cm³/mol. The summed E-state index contributed by atoms with van der Waals surface area (Å²) in [6.45, 7) is 6.80. The van der Waals surface area contributed by atoms with Gasteiger partial charge in [-0.1, -0.05) is 12.1 Å². The summed E-state index contributed by atoms with van der Waals surface area (Å²) in [5, 5.41) is 4.77. The van der Waals surface area contributed by atoms with Crippen molar-refractivity contribution >= 4 is 35.7 Å². The number of aromatic nitrogens is 1. The van der Waals surface area contributed by atoms with E-state index in [0.717, 1.165) is 26.2 Å². The van der Waals surface area contributed by atoms with E-state index in [-0.39, 0.29) is 24.8 Å². The molecule has 3 nitrogen and oxygen atoms in total. The number of nitrogens with zero attached hydrogens (tertiary/aromatic N) is 1. The first-order valence-electron chi connectivity index (χ1n) is 6.37. The maximum absolute atomic E-state index is 3.41. The maximum Gasteiger partial charge on any atom is 0.0457 e. The van der Waals surface area contributed by atoms with E-state index in [4.69, 9.17) is 0 Å². The molecule has 19 heavy (non-hydrogen) atoms. The molecule has 1 saturated heterocycles. The van der Waals surface area contributed by atoms with Crippen LogP contribution >= 0.6 is 24.8 Å². The Balaban J connectivity index is 0.000000902. The van der Waals surface area contributed by atoms with E-state index in [1.807, 2.05) is 6.20 Å². The molecule has 2 heterocycles. The third-order valence-corrected chi connectivity index (χ3v) is 3.78. The van der Waals surface area contributed by atoms with Crippen LogP contribution in [-0.2, 0) is 0 Å². The van der Waals surface area contributed by atoms with Gasteiger partial charge in [-0.15, -0.1) is 24.8 Å². The molecule has 1 fully saturated rings. The highest BCUT2D eigenvalue weighted by molar-refractivity contribution is 5.85. The standard InChI is InChI=1S/C14H19N3.2ClH/c1-11(17-9-7-15-8-10-17)12-3-2-4-14-13(12)5-6-16-14;;/h2-6,11,15-16H,7-10H2,1H3;2*1H/t11-;;/m0../s1. The molecular formula is C14H21Cl2N3. The van der Waals surface area contributed by atoms with Crippen molar-refractivity contribution in [3.63, 3.8) is 0 Å². The SMILES string of the molecule is C[C@@H](c1cccc2[nH]ccc12)N1CCNCC1.Cl.Cl. The molecule has 0 unspecified atom stereocenters. The molecule has 2 N–H and O–H groups in total. The average molecular weight is 302 g/mol. The van der Waals surface area contributed by atoms with Crippen molar-refractivity contribution in [2.45, 2.75) is 13.0 Å². The lowest BCUT2D eigenvalue weighted by Crippen LogP contribution is -2.44. The molecule has 106 valence electrons. The highest BCUT2D eigenvalue weighted by atomic mass is 35.5. The molecule has 5 heteroatoms. The minimum absolute atomic E-state index is 0. The molecule has 0 bridgehead atoms. The van der Waals surface area contributed by atoms with Crippen molar-refractivity contribution < 1.29 is 0 Å². The third kappa shape index (κ3) is 3.23. The van der Waals surface area contributed by atoms with Gasteiger partial charge in [0, 0.05) is 49.3 Å². The Bertz CT molecular complexity index is 506. The number of piperazine rings is 1. The molecule has 1 aromatic carbocycles. The number of hydrogen-bond acceptors (Lipinski definition) is 2. The van der Waals surface area contributed by atoms with E-state index in [9.17, 15) is 0 Å². The van der Waals surface area contributed by atoms with Crippen LogP contribution in [0.5, 0.6) is 0 Å². The van der Waals surface area contributed by atoms with Gasteiger partial charge in [-0.3, -0.25) is 4.90 Å². The van der Waals surface area contributed by atoms with Crippen LogP contribution in [0.3, 0.4) is 0 Å². The molecular weight excluding hydrogens is 281 g/mol. The van der Waals surface area contributed by atoms with Crippen LogP contribution in [0.15, 0.2) is 30.5 Å². The monoisotopic (exact) mass is 301 g/mol. The fraction of sp³-hybridized carbons (Fsp3) is 0.429. The van der Waals surface area contributed by atoms with E-state index < -0.39 is 0 Å². The molecule has 3 rings (SSSR count). The lowest BCUT2D eigenvalue weighted by Gasteiger charge is -2.33. The Morgan fingerprint density at radius 1 is 1.11 bits per heavy atom. The number of nitrogens with one attached hydrogen (secondary N) is 2. The van der Waals surface area contributed by atoms with Crippen LogP contribution in [0.4, 0.5) is 0 Å². The van der Waals surface area contributed by atoms with Crippen molar-refractivity contribution in [2.75, 3.05) is 26.2 Å². The van der Waals surface area contributed by atoms with Gasteiger partial charge in [0.25, 0.3) is 0 Å². The third-order valence-electron chi connectivity index (χ3n) is 3.78. The number of rotatable bonds is 2. The first kappa shape index (κ1) is 16.3. The van der Waals surface area contributed by atoms with E-state index in [1.54, 1.807) is 0 Å². The summed E-state index contributed by atoms with van der Waals surface area (Å²) in [6.07, 6.45) is 2.03. The molecule has 1 aromatic heterocycles. The summed E-state index contributed by atoms with van der Waals surface area (Å²) in [7, 11) is 0. The topological polar surface area (TPSA) is 31.1 Å². The maximum atomic E-state index is 3.41. The van der Waals surface area contributed by atoms with Crippen molar-refractivity contribution in [3.8, 4) is 0 Å². The minimum atomic E-state index is 0. The zero-order chi connectivity index (χ0) is 11.7. The number of H-pyrrole nitrogens is 1. The normalized spacial score (nSPS) is 17.5. The van der Waals surface area contributed by atoms with E-state index in [2.05, 4.69) is 46.4 Å². The van der Waals surface area contributed by atoms with E-state index >= 15 is 0 Å². The molecule has 0 amide bonds. The Kier molecular flexibility index (Phi) is 6.14. The summed E-state index contributed by atoms with van der Waals surface area (Å²) in [5.74, 6) is 0. The highest BCUT2D eigenvalue weighted by Gasteiger charge is 2.19. The van der Waals surface area contributed by atoms with Gasteiger partial charge in [-0.05, 0) is 24.6 Å². The summed E-state index contributed by atoms with van der Waals surface area (Å²) in [4.78, 5) is 5.84. The lowest BCUT2D eigenvalue weighted by molar-refractivity contribution is 0.186. The average Bonchev–Trinajstić information content (AvgIpc) is 2.87. The smallest absolute Gasteiger partial charge is 0.0457 e. The van der Waals surface area contributed by atoms with Crippen LogP contribution < -0.4 is 5.32 Å². The predicted octanol–water partition coefficient (Wildman–Crippen LogP) is 2.98. The molecule has 0 aliphatic carbocycles. The van der Waals surface area contributed by atoms with Crippen molar-refractivity contribution in [1.82, 2.24) is 15.2 Å². The molecule has 1 aliphatic rings. The Hall–Kier alpha value is -0.740. The van der Waals surface area contributed by atoms with Gasteiger partial charge in [0.05, 0.1) is 0 Å². The van der Waals surface area contributed by atoms with Crippen LogP contribution in [-0.4, -0.2) is 36.1 Å².